The van der Waals surface area contributed by atoms with Gasteiger partial charge in [-0.1, -0.05) is 105 Å². The molecule has 4 aliphatic rings. The monoisotopic (exact) mass is 923 g/mol. The Kier molecular flexibility index (Phi) is 34.4. The van der Waals surface area contributed by atoms with Crippen LogP contribution in [-0.2, 0) is 47.7 Å². The highest BCUT2D eigenvalue weighted by Crippen LogP contribution is 2.34. The second-order valence-corrected chi connectivity index (χ2v) is 19.9. The van der Waals surface area contributed by atoms with Gasteiger partial charge in [-0.15, -0.1) is 13.2 Å². The fourth-order valence-corrected chi connectivity index (χ4v) is 9.87. The molecule has 0 amide bonds. The van der Waals surface area contributed by atoms with E-state index in [-0.39, 0.29) is 62.2 Å². The molecule has 4 aliphatic carbocycles. The average Bonchev–Trinajstić information content (AvgIpc) is 3.29. The van der Waals surface area contributed by atoms with Crippen molar-refractivity contribution in [3.63, 3.8) is 0 Å². The first-order valence-electron chi connectivity index (χ1n) is 25.5. The van der Waals surface area contributed by atoms with E-state index in [4.69, 9.17) is 38.7 Å². The van der Waals surface area contributed by atoms with E-state index in [0.717, 1.165) is 88.1 Å². The maximum Gasteiger partial charge on any atom is 0.306 e. The summed E-state index contributed by atoms with van der Waals surface area (Å²) in [5, 5.41) is 15.9. The molecule has 2 atom stereocenters. The number of rotatable bonds is 24. The number of ether oxygens (including phenoxy) is 4. The van der Waals surface area contributed by atoms with Crippen LogP contribution in [-0.4, -0.2) is 85.5 Å². The van der Waals surface area contributed by atoms with Gasteiger partial charge in [0.1, 0.15) is 25.4 Å². The van der Waals surface area contributed by atoms with E-state index in [1.807, 2.05) is 0 Å². The number of quaternary nitrogens is 1. The molecule has 4 N–H and O–H groups in total. The Balaban J connectivity index is 0.00000246. The van der Waals surface area contributed by atoms with E-state index in [2.05, 4.69) is 46.2 Å². The van der Waals surface area contributed by atoms with E-state index in [0.29, 0.717) is 62.2 Å². The predicted octanol–water partition coefficient (Wildman–Crippen LogP) is 9.87. The summed E-state index contributed by atoms with van der Waals surface area (Å²) in [5.41, 5.74) is 0. The summed E-state index contributed by atoms with van der Waals surface area (Å²) in [6, 6.07) is 0. The smallest absolute Gasteiger partial charge is 0.306 e. The Bertz CT molecular complexity index is 1170. The van der Waals surface area contributed by atoms with Gasteiger partial charge in [-0.25, -0.2) is 0 Å². The largest absolute Gasteiger partial charge is 0.483 e. The van der Waals surface area contributed by atoms with Gasteiger partial charge in [-0.3, -0.25) is 28.8 Å². The molecule has 0 saturated heterocycles. The molecular formula is C52H92NO12+. The van der Waals surface area contributed by atoms with Crippen molar-refractivity contribution in [2.45, 2.75) is 207 Å². The normalized spacial score (nSPS) is 26.0. The highest BCUT2D eigenvalue weighted by atomic mass is 16.6. The SMILES string of the molecule is C=C.CC1CCC(CCC(COC(=O)CC2CCC(C)CC2)OC(=O)CCC[NH2+]CCCC(=O)OC(CCC2CCC(C)CC2)COC(=O)CC2CCC(C)CC2)CC1.O=CO.O=CO. The van der Waals surface area contributed by atoms with Gasteiger partial charge in [0.25, 0.3) is 12.9 Å². The van der Waals surface area contributed by atoms with Crippen LogP contribution in [0.2, 0.25) is 0 Å². The summed E-state index contributed by atoms with van der Waals surface area (Å²) < 4.78 is 23.3. The number of hydrogen-bond donors (Lipinski definition) is 3. The first-order valence-corrected chi connectivity index (χ1v) is 25.5. The Morgan fingerprint density at radius 2 is 0.785 bits per heavy atom. The lowest BCUT2D eigenvalue weighted by atomic mass is 9.80. The third-order valence-electron chi connectivity index (χ3n) is 14.3. The van der Waals surface area contributed by atoms with Crippen molar-refractivity contribution in [1.29, 1.82) is 0 Å². The van der Waals surface area contributed by atoms with E-state index in [9.17, 15) is 19.2 Å². The fraction of sp³-hybridized carbons (Fsp3) is 0.846. The Labute approximate surface area is 392 Å². The van der Waals surface area contributed by atoms with E-state index in [1.54, 1.807) is 0 Å². The summed E-state index contributed by atoms with van der Waals surface area (Å²) in [7, 11) is 0. The van der Waals surface area contributed by atoms with Crippen molar-refractivity contribution >= 4 is 36.8 Å². The molecule has 0 aromatic heterocycles. The van der Waals surface area contributed by atoms with Crippen LogP contribution < -0.4 is 5.32 Å². The molecule has 13 nitrogen and oxygen atoms in total. The number of hydrogen-bond acceptors (Lipinski definition) is 10. The molecule has 0 aromatic carbocycles. The minimum atomic E-state index is -0.387. The maximum atomic E-state index is 12.9. The molecular weight excluding hydrogens is 831 g/mol. The van der Waals surface area contributed by atoms with Crippen molar-refractivity contribution < 1.29 is 63.2 Å². The topological polar surface area (TPSA) is 196 Å². The van der Waals surface area contributed by atoms with Crippen molar-refractivity contribution in [3.05, 3.63) is 13.2 Å². The lowest BCUT2D eigenvalue weighted by Gasteiger charge is -2.28. The zero-order valence-electron chi connectivity index (χ0n) is 41.1. The minimum Gasteiger partial charge on any atom is -0.483 e. The lowest BCUT2D eigenvalue weighted by Crippen LogP contribution is -2.84. The van der Waals surface area contributed by atoms with Gasteiger partial charge >= 0.3 is 23.9 Å². The molecule has 0 spiro atoms. The molecule has 4 saturated carbocycles. The molecule has 4 fully saturated rings. The fourth-order valence-electron chi connectivity index (χ4n) is 9.87. The first-order chi connectivity index (χ1) is 31.3. The van der Waals surface area contributed by atoms with E-state index < -0.39 is 0 Å². The lowest BCUT2D eigenvalue weighted by molar-refractivity contribution is -0.655. The number of esters is 4. The van der Waals surface area contributed by atoms with Crippen molar-refractivity contribution in [2.24, 2.45) is 47.3 Å². The standard InChI is InChI=1S/C48H83NO8.C2H4.2CH2O2/c1-35-9-17-39(18-10-35)25-27-43(33-54-47(52)31-41-21-13-37(3)14-22-41)56-45(50)7-5-29-49-30-6-8-46(51)57-44(28-26-40-19-11-36(2)12-20-40)34-55-48(53)32-42-23-15-38(4)16-24-42;1-2;2*2-1-3/h35-44,49H,5-34H2,1-4H3;1-2H2;2*1H,(H,2,3)/p+1. The van der Waals surface area contributed by atoms with Crippen LogP contribution in [0.5, 0.6) is 0 Å². The van der Waals surface area contributed by atoms with Crippen molar-refractivity contribution in [2.75, 3.05) is 26.3 Å². The van der Waals surface area contributed by atoms with Crippen LogP contribution in [0, 0.1) is 47.3 Å². The molecule has 0 heterocycles. The highest BCUT2D eigenvalue weighted by molar-refractivity contribution is 5.71. The van der Waals surface area contributed by atoms with Gasteiger partial charge < -0.3 is 34.5 Å². The Morgan fingerprint density at radius 3 is 1.08 bits per heavy atom. The molecule has 376 valence electrons. The predicted molar refractivity (Wildman–Crippen MR) is 253 cm³/mol. The third kappa shape index (κ3) is 30.4. The molecule has 0 bridgehead atoms. The second kappa shape index (κ2) is 37.6. The Hall–Kier alpha value is -3.48. The summed E-state index contributed by atoms with van der Waals surface area (Å²) in [6.07, 6.45) is 24.7. The molecule has 13 heteroatoms. The number of carbonyl (C=O) groups is 6. The average molecular weight is 923 g/mol. The molecule has 0 radical (unpaired) electrons. The zero-order valence-corrected chi connectivity index (χ0v) is 41.1. The summed E-state index contributed by atoms with van der Waals surface area (Å²) in [4.78, 5) is 68.0. The first kappa shape index (κ1) is 59.5. The molecule has 65 heavy (non-hydrogen) atoms. The van der Waals surface area contributed by atoms with Gasteiger partial charge in [0.2, 0.25) is 0 Å². The van der Waals surface area contributed by atoms with E-state index >= 15 is 0 Å². The second-order valence-electron chi connectivity index (χ2n) is 19.9. The Morgan fingerprint density at radius 1 is 0.508 bits per heavy atom. The number of nitrogens with two attached hydrogens (primary N) is 1. The zero-order chi connectivity index (χ0) is 48.2. The maximum absolute atomic E-state index is 12.9. The van der Waals surface area contributed by atoms with Crippen LogP contribution in [0.25, 0.3) is 0 Å². The van der Waals surface area contributed by atoms with Gasteiger partial charge in [-0.2, -0.15) is 0 Å². The van der Waals surface area contributed by atoms with Crippen LogP contribution in [0.1, 0.15) is 195 Å². The van der Waals surface area contributed by atoms with Gasteiger partial charge in [0.15, 0.2) is 0 Å². The highest BCUT2D eigenvalue weighted by Gasteiger charge is 2.27. The van der Waals surface area contributed by atoms with Crippen molar-refractivity contribution in [1.82, 2.24) is 0 Å². The van der Waals surface area contributed by atoms with E-state index in [1.165, 1.54) is 77.0 Å². The number of carbonyl (C=O) groups excluding carboxylic acids is 4. The van der Waals surface area contributed by atoms with Crippen LogP contribution in [0.3, 0.4) is 0 Å². The third-order valence-corrected chi connectivity index (χ3v) is 14.3. The van der Waals surface area contributed by atoms with Gasteiger partial charge in [-0.05, 0) is 98.7 Å². The van der Waals surface area contributed by atoms with Gasteiger partial charge in [0.05, 0.1) is 25.9 Å². The summed E-state index contributed by atoms with van der Waals surface area (Å²) in [6.45, 7) is 16.6. The number of carboxylic acid groups (broad SMARTS) is 2. The van der Waals surface area contributed by atoms with Crippen LogP contribution in [0.4, 0.5) is 0 Å². The molecule has 2 unspecified atom stereocenters. The molecule has 4 rings (SSSR count). The van der Waals surface area contributed by atoms with Crippen LogP contribution in [0.15, 0.2) is 13.2 Å². The summed E-state index contributed by atoms with van der Waals surface area (Å²) >= 11 is 0. The summed E-state index contributed by atoms with van der Waals surface area (Å²) in [5.74, 6) is 4.45. The molecule has 0 aliphatic heterocycles. The molecule has 0 aromatic rings. The van der Waals surface area contributed by atoms with Crippen LogP contribution >= 0.6 is 0 Å². The van der Waals surface area contributed by atoms with Gasteiger partial charge in [0, 0.05) is 25.7 Å². The minimum absolute atomic E-state index is 0.155. The van der Waals surface area contributed by atoms with Crippen molar-refractivity contribution in [3.8, 4) is 0 Å². The quantitative estimate of drug-likeness (QED) is 0.0273.